The van der Waals surface area contributed by atoms with Crippen molar-refractivity contribution < 1.29 is 14.3 Å². The Morgan fingerprint density at radius 2 is 2.05 bits per heavy atom. The van der Waals surface area contributed by atoms with Crippen molar-refractivity contribution >= 4 is 6.09 Å². The van der Waals surface area contributed by atoms with Crippen molar-refractivity contribution in [1.29, 1.82) is 0 Å². The van der Waals surface area contributed by atoms with Crippen LogP contribution in [0.25, 0.3) is 0 Å². The van der Waals surface area contributed by atoms with Gasteiger partial charge in [0.15, 0.2) is 0 Å². The molecule has 0 aliphatic carbocycles. The molecule has 0 N–H and O–H groups in total. The number of hydrogen-bond acceptors (Lipinski definition) is 3. The first kappa shape index (κ1) is 15.7. The van der Waals surface area contributed by atoms with E-state index in [4.69, 9.17) is 9.47 Å². The van der Waals surface area contributed by atoms with Crippen LogP contribution in [0.4, 0.5) is 4.79 Å². The molecule has 116 valence electrons. The Kier molecular flexibility index (Phi) is 4.76. The van der Waals surface area contributed by atoms with Crippen molar-refractivity contribution in [2.24, 2.45) is 5.92 Å². The standard InChI is InChI=1S/C17H25NO3/c1-13-7-5-6-8-15(13)20-12-14-9-10-18(11-14)16(19)21-17(2,3)4/h5-8,14H,9-12H2,1-4H3. The number of benzene rings is 1. The van der Waals surface area contributed by atoms with Crippen molar-refractivity contribution in [2.75, 3.05) is 19.7 Å². The van der Waals surface area contributed by atoms with Crippen LogP contribution >= 0.6 is 0 Å². The zero-order valence-electron chi connectivity index (χ0n) is 13.4. The van der Waals surface area contributed by atoms with Crippen LogP contribution in [0, 0.1) is 12.8 Å². The van der Waals surface area contributed by atoms with Crippen molar-refractivity contribution in [3.63, 3.8) is 0 Å². The molecule has 4 heteroatoms. The summed E-state index contributed by atoms with van der Waals surface area (Å²) in [6, 6.07) is 8.00. The fourth-order valence-electron chi connectivity index (χ4n) is 2.39. The van der Waals surface area contributed by atoms with Crippen LogP contribution < -0.4 is 4.74 Å². The number of ether oxygens (including phenoxy) is 2. The molecule has 0 spiro atoms. The average Bonchev–Trinajstić information content (AvgIpc) is 2.85. The Hall–Kier alpha value is -1.71. The highest BCUT2D eigenvalue weighted by Crippen LogP contribution is 2.22. The van der Waals surface area contributed by atoms with Gasteiger partial charge in [-0.1, -0.05) is 18.2 Å². The summed E-state index contributed by atoms with van der Waals surface area (Å²) in [5.74, 6) is 1.30. The van der Waals surface area contributed by atoms with Crippen molar-refractivity contribution in [3.8, 4) is 5.75 Å². The third kappa shape index (κ3) is 4.66. The van der Waals surface area contributed by atoms with Crippen LogP contribution in [-0.4, -0.2) is 36.3 Å². The third-order valence-corrected chi connectivity index (χ3v) is 3.51. The topological polar surface area (TPSA) is 38.8 Å². The molecule has 0 radical (unpaired) electrons. The first-order chi connectivity index (χ1) is 9.85. The summed E-state index contributed by atoms with van der Waals surface area (Å²) in [6.45, 7) is 9.80. The highest BCUT2D eigenvalue weighted by Gasteiger charge is 2.30. The molecular formula is C17H25NO3. The minimum absolute atomic E-state index is 0.221. The predicted molar refractivity (Wildman–Crippen MR) is 82.6 cm³/mol. The van der Waals surface area contributed by atoms with E-state index in [-0.39, 0.29) is 6.09 Å². The highest BCUT2D eigenvalue weighted by molar-refractivity contribution is 5.68. The molecule has 0 bridgehead atoms. The summed E-state index contributed by atoms with van der Waals surface area (Å²) in [6.07, 6.45) is 0.742. The second-order valence-corrected chi connectivity index (χ2v) is 6.66. The number of rotatable bonds is 3. The quantitative estimate of drug-likeness (QED) is 0.853. The van der Waals surface area contributed by atoms with Gasteiger partial charge >= 0.3 is 6.09 Å². The van der Waals surface area contributed by atoms with E-state index in [0.29, 0.717) is 19.1 Å². The Labute approximate surface area is 127 Å². The van der Waals surface area contributed by atoms with E-state index < -0.39 is 5.60 Å². The van der Waals surface area contributed by atoms with Crippen LogP contribution in [0.2, 0.25) is 0 Å². The number of likely N-dealkylation sites (tertiary alicyclic amines) is 1. The Bertz CT molecular complexity index is 493. The zero-order chi connectivity index (χ0) is 15.5. The van der Waals surface area contributed by atoms with Gasteiger partial charge in [0.25, 0.3) is 0 Å². The molecule has 1 heterocycles. The Balaban J connectivity index is 1.80. The molecule has 4 nitrogen and oxygen atoms in total. The van der Waals surface area contributed by atoms with E-state index in [9.17, 15) is 4.79 Å². The minimum atomic E-state index is -0.438. The van der Waals surface area contributed by atoms with Gasteiger partial charge in [-0.25, -0.2) is 4.79 Å². The van der Waals surface area contributed by atoms with E-state index in [1.807, 2.05) is 52.0 Å². The smallest absolute Gasteiger partial charge is 0.410 e. The maximum absolute atomic E-state index is 12.0. The number of carbonyl (C=O) groups excluding carboxylic acids is 1. The Morgan fingerprint density at radius 1 is 1.33 bits per heavy atom. The molecule has 1 aliphatic heterocycles. The molecule has 1 atom stereocenters. The number of hydrogen-bond donors (Lipinski definition) is 0. The number of amides is 1. The van der Waals surface area contributed by atoms with E-state index in [1.54, 1.807) is 4.90 Å². The van der Waals surface area contributed by atoms with Gasteiger partial charge < -0.3 is 14.4 Å². The SMILES string of the molecule is Cc1ccccc1OCC1CCN(C(=O)OC(C)(C)C)C1. The second kappa shape index (κ2) is 6.37. The average molecular weight is 291 g/mol. The van der Waals surface area contributed by atoms with Crippen molar-refractivity contribution in [3.05, 3.63) is 29.8 Å². The van der Waals surface area contributed by atoms with Gasteiger partial charge in [0.05, 0.1) is 6.61 Å². The van der Waals surface area contributed by atoms with Crippen LogP contribution in [0.3, 0.4) is 0 Å². The highest BCUT2D eigenvalue weighted by atomic mass is 16.6. The lowest BCUT2D eigenvalue weighted by Crippen LogP contribution is -2.35. The van der Waals surface area contributed by atoms with E-state index in [2.05, 4.69) is 0 Å². The molecule has 2 rings (SSSR count). The van der Waals surface area contributed by atoms with Crippen LogP contribution in [0.5, 0.6) is 5.75 Å². The summed E-state index contributed by atoms with van der Waals surface area (Å²) in [4.78, 5) is 13.8. The summed E-state index contributed by atoms with van der Waals surface area (Å²) in [7, 11) is 0. The third-order valence-electron chi connectivity index (χ3n) is 3.51. The van der Waals surface area contributed by atoms with Crippen molar-refractivity contribution in [2.45, 2.75) is 39.7 Å². The van der Waals surface area contributed by atoms with Gasteiger partial charge in [-0.2, -0.15) is 0 Å². The van der Waals surface area contributed by atoms with Crippen molar-refractivity contribution in [1.82, 2.24) is 4.90 Å². The number of para-hydroxylation sites is 1. The van der Waals surface area contributed by atoms with Gasteiger partial charge in [0.1, 0.15) is 11.4 Å². The van der Waals surface area contributed by atoms with Gasteiger partial charge in [-0.05, 0) is 45.7 Å². The minimum Gasteiger partial charge on any atom is -0.493 e. The maximum atomic E-state index is 12.0. The first-order valence-corrected chi connectivity index (χ1v) is 7.51. The van der Waals surface area contributed by atoms with E-state index in [1.165, 1.54) is 0 Å². The fourth-order valence-corrected chi connectivity index (χ4v) is 2.39. The number of carbonyl (C=O) groups is 1. The van der Waals surface area contributed by atoms with Gasteiger partial charge in [0.2, 0.25) is 0 Å². The monoisotopic (exact) mass is 291 g/mol. The summed E-state index contributed by atoms with van der Waals surface area (Å²) < 4.78 is 11.3. The van der Waals surface area contributed by atoms with Crippen LogP contribution in [0.1, 0.15) is 32.8 Å². The van der Waals surface area contributed by atoms with Gasteiger partial charge in [-0.15, -0.1) is 0 Å². The van der Waals surface area contributed by atoms with E-state index in [0.717, 1.165) is 24.3 Å². The van der Waals surface area contributed by atoms with Gasteiger partial charge in [0, 0.05) is 19.0 Å². The molecule has 0 aromatic heterocycles. The lowest BCUT2D eigenvalue weighted by Gasteiger charge is -2.24. The predicted octanol–water partition coefficient (Wildman–Crippen LogP) is 3.63. The molecule has 1 aliphatic rings. The lowest BCUT2D eigenvalue weighted by atomic mass is 10.1. The largest absolute Gasteiger partial charge is 0.493 e. The molecule has 1 fully saturated rings. The fraction of sp³-hybridized carbons (Fsp3) is 0.588. The van der Waals surface area contributed by atoms with Gasteiger partial charge in [-0.3, -0.25) is 0 Å². The first-order valence-electron chi connectivity index (χ1n) is 7.51. The molecule has 1 unspecified atom stereocenters. The molecule has 1 aromatic carbocycles. The Morgan fingerprint density at radius 3 is 2.71 bits per heavy atom. The number of nitrogens with zero attached hydrogens (tertiary/aromatic N) is 1. The molecular weight excluding hydrogens is 266 g/mol. The molecule has 1 saturated heterocycles. The molecule has 1 amide bonds. The zero-order valence-corrected chi connectivity index (χ0v) is 13.4. The van der Waals surface area contributed by atoms with Crippen LogP contribution in [-0.2, 0) is 4.74 Å². The molecule has 21 heavy (non-hydrogen) atoms. The normalized spacial score (nSPS) is 18.7. The lowest BCUT2D eigenvalue weighted by molar-refractivity contribution is 0.0285. The summed E-state index contributed by atoms with van der Waals surface area (Å²) in [5.41, 5.74) is 0.701. The molecule has 0 saturated carbocycles. The number of aryl methyl sites for hydroxylation is 1. The van der Waals surface area contributed by atoms with E-state index >= 15 is 0 Å². The van der Waals surface area contributed by atoms with Crippen LogP contribution in [0.15, 0.2) is 24.3 Å². The molecule has 1 aromatic rings. The summed E-state index contributed by atoms with van der Waals surface area (Å²) >= 11 is 0. The maximum Gasteiger partial charge on any atom is 0.410 e. The summed E-state index contributed by atoms with van der Waals surface area (Å²) in [5, 5.41) is 0. The second-order valence-electron chi connectivity index (χ2n) is 6.66.